The first-order valence-corrected chi connectivity index (χ1v) is 12.8. The first kappa shape index (κ1) is 24.4. The Labute approximate surface area is 204 Å². The number of amides is 1. The van der Waals surface area contributed by atoms with Crippen molar-refractivity contribution in [1.29, 1.82) is 0 Å². The Morgan fingerprint density at radius 1 is 1.18 bits per heavy atom. The van der Waals surface area contributed by atoms with Crippen LogP contribution in [0.25, 0.3) is 11.4 Å². The highest BCUT2D eigenvalue weighted by atomic mass is 32.2. The van der Waals surface area contributed by atoms with E-state index in [0.29, 0.717) is 23.4 Å². The van der Waals surface area contributed by atoms with Gasteiger partial charge >= 0.3 is 0 Å². The molecule has 1 amide bonds. The fraction of sp³-hybridized carbons (Fsp3) is 0.423. The van der Waals surface area contributed by atoms with E-state index in [1.54, 1.807) is 12.1 Å². The lowest BCUT2D eigenvalue weighted by Crippen LogP contribution is -2.31. The van der Waals surface area contributed by atoms with Crippen LogP contribution in [0.2, 0.25) is 0 Å². The maximum Gasteiger partial charge on any atom is 0.230 e. The fourth-order valence-electron chi connectivity index (χ4n) is 4.17. The summed E-state index contributed by atoms with van der Waals surface area (Å²) in [5.74, 6) is 0.990. The number of nitrogens with zero attached hydrogens (tertiary/aromatic N) is 3. The van der Waals surface area contributed by atoms with Crippen LogP contribution in [0.15, 0.2) is 59.8 Å². The van der Waals surface area contributed by atoms with Gasteiger partial charge in [0, 0.05) is 12.2 Å². The molecule has 0 spiro atoms. The standard InChI is InChI=1S/C26H31FN4O2S/c1-18(2)15-23(19-7-4-3-5-8-19)28-24(32)17-34-26-30-29-25(20-10-12-21(27)13-11-20)31(26)16-22-9-6-14-33-22/h3-5,7-8,10-13,18,22-23H,6,9,14-17H2,1-2H3,(H,28,32)/t22-,23-/m1/s1. The second-order valence-electron chi connectivity index (χ2n) is 9.01. The van der Waals surface area contributed by atoms with Crippen molar-refractivity contribution in [2.75, 3.05) is 12.4 Å². The van der Waals surface area contributed by atoms with E-state index < -0.39 is 0 Å². The molecule has 34 heavy (non-hydrogen) atoms. The first-order chi connectivity index (χ1) is 16.5. The number of carbonyl (C=O) groups is 1. The van der Waals surface area contributed by atoms with Gasteiger partial charge in [0.05, 0.1) is 24.4 Å². The molecule has 2 aromatic carbocycles. The molecule has 0 aliphatic carbocycles. The number of carbonyl (C=O) groups excluding carboxylic acids is 1. The third kappa shape index (κ3) is 6.45. The summed E-state index contributed by atoms with van der Waals surface area (Å²) >= 11 is 1.36. The summed E-state index contributed by atoms with van der Waals surface area (Å²) < 4.78 is 21.3. The molecule has 180 valence electrons. The summed E-state index contributed by atoms with van der Waals surface area (Å²) in [6, 6.07) is 16.3. The van der Waals surface area contributed by atoms with E-state index in [4.69, 9.17) is 4.74 Å². The second kappa shape index (κ2) is 11.6. The van der Waals surface area contributed by atoms with Crippen LogP contribution in [-0.2, 0) is 16.1 Å². The predicted octanol–water partition coefficient (Wildman–Crippen LogP) is 5.26. The molecule has 2 atom stereocenters. The molecule has 1 aliphatic rings. The zero-order valence-corrected chi connectivity index (χ0v) is 20.4. The van der Waals surface area contributed by atoms with Gasteiger partial charge in [-0.3, -0.25) is 9.36 Å². The van der Waals surface area contributed by atoms with Gasteiger partial charge in [-0.15, -0.1) is 10.2 Å². The molecule has 1 saturated heterocycles. The Bertz CT molecular complexity index is 1070. The topological polar surface area (TPSA) is 69.0 Å². The van der Waals surface area contributed by atoms with Crippen molar-refractivity contribution in [2.24, 2.45) is 5.92 Å². The second-order valence-corrected chi connectivity index (χ2v) is 9.95. The Morgan fingerprint density at radius 3 is 2.62 bits per heavy atom. The quantitative estimate of drug-likeness (QED) is 0.399. The van der Waals surface area contributed by atoms with E-state index in [0.717, 1.165) is 37.0 Å². The number of hydrogen-bond donors (Lipinski definition) is 1. The zero-order chi connectivity index (χ0) is 23.9. The van der Waals surface area contributed by atoms with E-state index in [2.05, 4.69) is 29.4 Å². The normalized spacial score (nSPS) is 16.6. The summed E-state index contributed by atoms with van der Waals surface area (Å²) in [5, 5.41) is 12.6. The molecule has 1 N–H and O–H groups in total. The highest BCUT2D eigenvalue weighted by Gasteiger charge is 2.23. The summed E-state index contributed by atoms with van der Waals surface area (Å²) in [6.07, 6.45) is 2.95. The van der Waals surface area contributed by atoms with E-state index in [1.807, 2.05) is 34.9 Å². The van der Waals surface area contributed by atoms with Crippen LogP contribution in [-0.4, -0.2) is 39.1 Å². The average molecular weight is 483 g/mol. The van der Waals surface area contributed by atoms with E-state index >= 15 is 0 Å². The first-order valence-electron chi connectivity index (χ1n) is 11.8. The van der Waals surface area contributed by atoms with Crippen molar-refractivity contribution in [3.63, 3.8) is 0 Å². The Morgan fingerprint density at radius 2 is 1.94 bits per heavy atom. The van der Waals surface area contributed by atoms with Crippen molar-refractivity contribution in [2.45, 2.75) is 57.0 Å². The molecule has 4 rings (SSSR count). The molecule has 2 heterocycles. The van der Waals surface area contributed by atoms with Gasteiger partial charge in [-0.05, 0) is 55.0 Å². The summed E-state index contributed by atoms with van der Waals surface area (Å²) in [6.45, 7) is 5.66. The summed E-state index contributed by atoms with van der Waals surface area (Å²) in [5.41, 5.74) is 1.89. The van der Waals surface area contributed by atoms with Crippen molar-refractivity contribution in [1.82, 2.24) is 20.1 Å². The lowest BCUT2D eigenvalue weighted by Gasteiger charge is -2.21. The lowest BCUT2D eigenvalue weighted by molar-refractivity contribution is -0.119. The van der Waals surface area contributed by atoms with E-state index in [-0.39, 0.29) is 29.6 Å². The molecule has 1 fully saturated rings. The van der Waals surface area contributed by atoms with Crippen molar-refractivity contribution in [3.05, 3.63) is 66.0 Å². The number of ether oxygens (including phenoxy) is 1. The number of nitrogens with one attached hydrogen (secondary N) is 1. The van der Waals surface area contributed by atoms with Gasteiger partial charge in [0.1, 0.15) is 5.82 Å². The highest BCUT2D eigenvalue weighted by Crippen LogP contribution is 2.27. The van der Waals surface area contributed by atoms with Gasteiger partial charge in [-0.2, -0.15) is 0 Å². The number of rotatable bonds is 10. The molecule has 1 aliphatic heterocycles. The molecule has 3 aromatic rings. The third-order valence-corrected chi connectivity index (χ3v) is 6.77. The number of hydrogen-bond acceptors (Lipinski definition) is 5. The number of aromatic nitrogens is 3. The molecule has 0 saturated carbocycles. The minimum atomic E-state index is -0.297. The SMILES string of the molecule is CC(C)C[C@@H](NC(=O)CSc1nnc(-c2ccc(F)cc2)n1C[C@H]1CCCO1)c1ccccc1. The number of halogens is 1. The van der Waals surface area contributed by atoms with Crippen LogP contribution in [0, 0.1) is 11.7 Å². The van der Waals surface area contributed by atoms with Gasteiger partial charge < -0.3 is 10.1 Å². The maximum absolute atomic E-state index is 13.4. The molecule has 6 nitrogen and oxygen atoms in total. The Balaban J connectivity index is 1.47. The monoisotopic (exact) mass is 482 g/mol. The fourth-order valence-corrected chi connectivity index (χ4v) is 4.92. The summed E-state index contributed by atoms with van der Waals surface area (Å²) in [4.78, 5) is 12.9. The van der Waals surface area contributed by atoms with E-state index in [9.17, 15) is 9.18 Å². The summed E-state index contributed by atoms with van der Waals surface area (Å²) in [7, 11) is 0. The predicted molar refractivity (Wildman–Crippen MR) is 132 cm³/mol. The maximum atomic E-state index is 13.4. The van der Waals surface area contributed by atoms with Crippen molar-refractivity contribution < 1.29 is 13.9 Å². The van der Waals surface area contributed by atoms with Crippen LogP contribution in [0.4, 0.5) is 4.39 Å². The Hall–Kier alpha value is -2.71. The Kier molecular flexibility index (Phi) is 8.34. The zero-order valence-electron chi connectivity index (χ0n) is 19.6. The van der Waals surface area contributed by atoms with Crippen LogP contribution >= 0.6 is 11.8 Å². The number of thioether (sulfide) groups is 1. The van der Waals surface area contributed by atoms with Gasteiger partial charge in [-0.1, -0.05) is 55.9 Å². The molecule has 8 heteroatoms. The molecular weight excluding hydrogens is 451 g/mol. The highest BCUT2D eigenvalue weighted by molar-refractivity contribution is 7.99. The molecule has 1 aromatic heterocycles. The molecule has 0 bridgehead atoms. The van der Waals surface area contributed by atoms with Crippen LogP contribution < -0.4 is 5.32 Å². The smallest absolute Gasteiger partial charge is 0.230 e. The molecular formula is C26H31FN4O2S. The van der Waals surface area contributed by atoms with Crippen LogP contribution in [0.1, 0.15) is 44.7 Å². The van der Waals surface area contributed by atoms with Crippen molar-refractivity contribution in [3.8, 4) is 11.4 Å². The van der Waals surface area contributed by atoms with Gasteiger partial charge in [-0.25, -0.2) is 4.39 Å². The lowest BCUT2D eigenvalue weighted by atomic mass is 9.97. The molecule has 0 unspecified atom stereocenters. The van der Waals surface area contributed by atoms with Crippen molar-refractivity contribution >= 4 is 17.7 Å². The molecule has 0 radical (unpaired) electrons. The van der Waals surface area contributed by atoms with Crippen LogP contribution in [0.3, 0.4) is 0 Å². The van der Waals surface area contributed by atoms with Gasteiger partial charge in [0.2, 0.25) is 5.91 Å². The largest absolute Gasteiger partial charge is 0.376 e. The van der Waals surface area contributed by atoms with Gasteiger partial charge in [0.15, 0.2) is 11.0 Å². The minimum Gasteiger partial charge on any atom is -0.376 e. The van der Waals surface area contributed by atoms with Crippen LogP contribution in [0.5, 0.6) is 0 Å². The number of benzene rings is 2. The minimum absolute atomic E-state index is 0.0335. The van der Waals surface area contributed by atoms with Gasteiger partial charge in [0.25, 0.3) is 0 Å². The average Bonchev–Trinajstić information content (AvgIpc) is 3.49. The van der Waals surface area contributed by atoms with E-state index in [1.165, 1.54) is 23.9 Å². The third-order valence-electron chi connectivity index (χ3n) is 5.81.